The Morgan fingerprint density at radius 2 is 1.80 bits per heavy atom. The van der Waals surface area contributed by atoms with Crippen molar-refractivity contribution in [2.24, 2.45) is 0 Å². The number of furan rings is 1. The van der Waals surface area contributed by atoms with Crippen molar-refractivity contribution in [1.29, 1.82) is 0 Å². The van der Waals surface area contributed by atoms with Gasteiger partial charge in [0.2, 0.25) is 10.0 Å². The second-order valence-corrected chi connectivity index (χ2v) is 11.5. The number of pyridine rings is 1. The zero-order valence-electron chi connectivity index (χ0n) is 22.3. The van der Waals surface area contributed by atoms with Gasteiger partial charge in [-0.25, -0.2) is 17.8 Å². The van der Waals surface area contributed by atoms with Gasteiger partial charge < -0.3 is 9.73 Å². The van der Waals surface area contributed by atoms with E-state index in [9.17, 15) is 17.6 Å². The van der Waals surface area contributed by atoms with Crippen LogP contribution in [0, 0.1) is 5.82 Å². The highest BCUT2D eigenvalue weighted by Crippen LogP contribution is 2.41. The van der Waals surface area contributed by atoms with Crippen LogP contribution in [0.1, 0.15) is 10.4 Å². The molecule has 6 rings (SSSR count). The second-order valence-electron chi connectivity index (χ2n) is 9.52. The molecular formula is C30H24FN5O4S. The molecular weight excluding hydrogens is 545 g/mol. The van der Waals surface area contributed by atoms with Crippen LogP contribution in [0.4, 0.5) is 10.1 Å². The molecule has 1 N–H and O–H groups in total. The Balaban J connectivity index is 1.61. The first-order valence-electron chi connectivity index (χ1n) is 12.6. The van der Waals surface area contributed by atoms with Gasteiger partial charge in [-0.3, -0.25) is 18.7 Å². The lowest BCUT2D eigenvalue weighted by Gasteiger charge is -2.20. The summed E-state index contributed by atoms with van der Waals surface area (Å²) in [6.07, 6.45) is 6.25. The predicted molar refractivity (Wildman–Crippen MR) is 156 cm³/mol. The topological polar surface area (TPSA) is 110 Å². The molecule has 41 heavy (non-hydrogen) atoms. The number of aromatic nitrogens is 3. The summed E-state index contributed by atoms with van der Waals surface area (Å²) in [4.78, 5) is 21.9. The number of hydrogen-bond acceptors (Lipinski definition) is 6. The third kappa shape index (κ3) is 4.59. The molecule has 0 saturated heterocycles. The normalized spacial score (nSPS) is 11.7. The van der Waals surface area contributed by atoms with E-state index in [4.69, 9.17) is 4.42 Å². The number of nitrogens with one attached hydrogen (secondary N) is 1. The number of carbonyl (C=O) groups is 1. The van der Waals surface area contributed by atoms with E-state index in [1.807, 2.05) is 34.9 Å². The molecule has 11 heteroatoms. The summed E-state index contributed by atoms with van der Waals surface area (Å²) >= 11 is 0. The number of imidazole rings is 1. The fourth-order valence-corrected chi connectivity index (χ4v) is 5.35. The molecule has 6 aromatic rings. The number of rotatable bonds is 6. The van der Waals surface area contributed by atoms with Gasteiger partial charge >= 0.3 is 0 Å². The average Bonchev–Trinajstić information content (AvgIpc) is 3.57. The number of amides is 1. The Morgan fingerprint density at radius 3 is 2.49 bits per heavy atom. The average molecular weight is 570 g/mol. The highest BCUT2D eigenvalue weighted by Gasteiger charge is 2.26. The van der Waals surface area contributed by atoms with Crippen molar-refractivity contribution in [3.63, 3.8) is 0 Å². The van der Waals surface area contributed by atoms with Crippen LogP contribution in [0.2, 0.25) is 0 Å². The number of carbonyl (C=O) groups excluding carboxylic acids is 1. The molecule has 0 atom stereocenters. The number of fused-ring (bicyclic) bond motifs is 2. The number of anilines is 1. The molecule has 206 valence electrons. The Kier molecular flexibility index (Phi) is 6.30. The molecule has 0 unspecified atom stereocenters. The lowest BCUT2D eigenvalue weighted by atomic mass is 9.98. The van der Waals surface area contributed by atoms with Gasteiger partial charge in [-0.15, -0.1) is 0 Å². The molecule has 3 aromatic heterocycles. The molecule has 0 radical (unpaired) electrons. The summed E-state index contributed by atoms with van der Waals surface area (Å²) in [7, 11) is -0.700. The summed E-state index contributed by atoms with van der Waals surface area (Å²) in [5.74, 6) is -0.578. The van der Waals surface area contributed by atoms with E-state index in [-0.39, 0.29) is 11.3 Å². The zero-order chi connectivity index (χ0) is 28.9. The number of halogens is 1. The molecule has 0 saturated carbocycles. The van der Waals surface area contributed by atoms with Crippen molar-refractivity contribution in [3.05, 3.63) is 96.8 Å². The maximum atomic E-state index is 13.7. The lowest BCUT2D eigenvalue weighted by molar-refractivity contribution is 0.0964. The predicted octanol–water partition coefficient (Wildman–Crippen LogP) is 5.40. The smallest absolute Gasteiger partial charge is 0.255 e. The van der Waals surface area contributed by atoms with E-state index in [0.29, 0.717) is 38.9 Å². The molecule has 0 aliphatic carbocycles. The Labute approximate surface area is 234 Å². The van der Waals surface area contributed by atoms with Crippen LogP contribution in [0.15, 0.2) is 89.9 Å². The summed E-state index contributed by atoms with van der Waals surface area (Å²) in [5, 5.41) is 3.12. The minimum absolute atomic E-state index is 0.245. The van der Waals surface area contributed by atoms with Crippen LogP contribution in [-0.2, 0) is 10.0 Å². The number of nitrogens with zero attached hydrogens (tertiary/aromatic N) is 4. The first-order chi connectivity index (χ1) is 19.7. The van der Waals surface area contributed by atoms with Gasteiger partial charge in [0.05, 0.1) is 40.4 Å². The first-order valence-corrected chi connectivity index (χ1v) is 14.4. The van der Waals surface area contributed by atoms with E-state index in [1.54, 1.807) is 30.9 Å². The molecule has 9 nitrogen and oxygen atoms in total. The summed E-state index contributed by atoms with van der Waals surface area (Å²) in [6, 6.07) is 18.4. The molecule has 3 heterocycles. The second kappa shape index (κ2) is 9.86. The van der Waals surface area contributed by atoms with Crippen LogP contribution in [0.3, 0.4) is 0 Å². The van der Waals surface area contributed by atoms with Gasteiger partial charge in [0.25, 0.3) is 5.91 Å². The minimum atomic E-state index is -3.67. The maximum Gasteiger partial charge on any atom is 0.255 e. The van der Waals surface area contributed by atoms with Crippen molar-refractivity contribution in [2.45, 2.75) is 0 Å². The monoisotopic (exact) mass is 569 g/mol. The molecule has 1 amide bonds. The SMILES string of the molecule is CNC(=O)c1c(-c2ccc(F)cc2)oc2cc(N(C)S(C)(=O)=O)c(-c3ccc4c(c3)ncn4-c3cccnc3)cc12. The van der Waals surface area contributed by atoms with Crippen LogP contribution < -0.4 is 9.62 Å². The number of hydrogen-bond donors (Lipinski definition) is 1. The van der Waals surface area contributed by atoms with Crippen molar-refractivity contribution in [3.8, 4) is 28.1 Å². The van der Waals surface area contributed by atoms with E-state index in [0.717, 1.165) is 17.5 Å². The molecule has 3 aromatic carbocycles. The quantitative estimate of drug-likeness (QED) is 0.288. The summed E-state index contributed by atoms with van der Waals surface area (Å²) in [6.45, 7) is 0. The number of sulfonamides is 1. The fraction of sp³-hybridized carbons (Fsp3) is 0.100. The van der Waals surface area contributed by atoms with Crippen molar-refractivity contribution in [2.75, 3.05) is 24.7 Å². The van der Waals surface area contributed by atoms with E-state index in [2.05, 4.69) is 15.3 Å². The van der Waals surface area contributed by atoms with Crippen LogP contribution >= 0.6 is 0 Å². The maximum absolute atomic E-state index is 13.7. The van der Waals surface area contributed by atoms with Crippen LogP contribution in [-0.4, -0.2) is 49.2 Å². The van der Waals surface area contributed by atoms with Crippen LogP contribution in [0.25, 0.3) is 50.1 Å². The molecule has 0 spiro atoms. The largest absolute Gasteiger partial charge is 0.455 e. The third-order valence-corrected chi connectivity index (χ3v) is 8.18. The Hall–Kier alpha value is -5.03. The van der Waals surface area contributed by atoms with Gasteiger partial charge in [-0.2, -0.15) is 0 Å². The van der Waals surface area contributed by atoms with Crippen LogP contribution in [0.5, 0.6) is 0 Å². The van der Waals surface area contributed by atoms with Crippen molar-refractivity contribution >= 4 is 43.6 Å². The van der Waals surface area contributed by atoms with Gasteiger partial charge in [0.15, 0.2) is 0 Å². The molecule has 0 fully saturated rings. The van der Waals surface area contributed by atoms with E-state index in [1.165, 1.54) is 42.7 Å². The highest BCUT2D eigenvalue weighted by molar-refractivity contribution is 7.92. The highest BCUT2D eigenvalue weighted by atomic mass is 32.2. The standard InChI is InChI=1S/C30H24FN5O4S/c1-32-30(37)28-23-14-22(19-8-11-25-24(13-19)34-17-36(25)21-5-4-12-33-16-21)26(35(2)41(3,38)39)15-27(23)40-29(28)18-6-9-20(31)10-7-18/h4-17H,1-3H3,(H,32,37). The fourth-order valence-electron chi connectivity index (χ4n) is 4.84. The lowest BCUT2D eigenvalue weighted by Crippen LogP contribution is -2.25. The van der Waals surface area contributed by atoms with Crippen molar-refractivity contribution in [1.82, 2.24) is 19.9 Å². The Morgan fingerprint density at radius 1 is 1.05 bits per heavy atom. The summed E-state index contributed by atoms with van der Waals surface area (Å²) < 4.78 is 48.2. The van der Waals surface area contributed by atoms with Gasteiger partial charge in [0, 0.05) is 42.9 Å². The van der Waals surface area contributed by atoms with Crippen molar-refractivity contribution < 1.29 is 22.0 Å². The number of benzene rings is 3. The first kappa shape index (κ1) is 26.2. The van der Waals surface area contributed by atoms with Gasteiger partial charge in [-0.1, -0.05) is 6.07 Å². The zero-order valence-corrected chi connectivity index (χ0v) is 23.1. The summed E-state index contributed by atoms with van der Waals surface area (Å²) in [5.41, 5.74) is 5.04. The van der Waals surface area contributed by atoms with E-state index < -0.39 is 21.7 Å². The molecule has 0 aliphatic heterocycles. The Bertz CT molecular complexity index is 2050. The molecule has 0 aliphatic rings. The van der Waals surface area contributed by atoms with Gasteiger partial charge in [-0.05, 0) is 60.2 Å². The molecule has 0 bridgehead atoms. The minimum Gasteiger partial charge on any atom is -0.455 e. The van der Waals surface area contributed by atoms with E-state index >= 15 is 0 Å². The third-order valence-electron chi connectivity index (χ3n) is 6.99. The van der Waals surface area contributed by atoms with Gasteiger partial charge in [0.1, 0.15) is 23.5 Å².